The van der Waals surface area contributed by atoms with Crippen molar-refractivity contribution >= 4 is 5.91 Å². The maximum absolute atomic E-state index is 12.2. The Hall–Kier alpha value is -1.77. The van der Waals surface area contributed by atoms with Gasteiger partial charge in [0.15, 0.2) is 0 Å². The lowest BCUT2D eigenvalue weighted by atomic mass is 10.1. The second-order valence-corrected chi connectivity index (χ2v) is 4.59. The average molecular weight is 231 g/mol. The zero-order chi connectivity index (χ0) is 12.4. The van der Waals surface area contributed by atoms with Crippen LogP contribution in [0.5, 0.6) is 5.75 Å². The van der Waals surface area contributed by atoms with Crippen LogP contribution in [0.2, 0.25) is 0 Å². The number of hydrogen-bond acceptors (Lipinski definition) is 2. The fourth-order valence-corrected chi connectivity index (χ4v) is 2.08. The van der Waals surface area contributed by atoms with Crippen molar-refractivity contribution in [2.75, 3.05) is 13.1 Å². The van der Waals surface area contributed by atoms with Gasteiger partial charge in [0, 0.05) is 13.1 Å². The smallest absolute Gasteiger partial charge is 0.257 e. The normalized spacial score (nSPS) is 15.6. The summed E-state index contributed by atoms with van der Waals surface area (Å²) >= 11 is 0. The molecule has 0 atom stereocenters. The molecule has 0 bridgehead atoms. The van der Waals surface area contributed by atoms with Gasteiger partial charge >= 0.3 is 0 Å². The number of aryl methyl sites for hydroxylation is 1. The Morgan fingerprint density at radius 1 is 1.35 bits per heavy atom. The van der Waals surface area contributed by atoms with Crippen LogP contribution >= 0.6 is 0 Å². The van der Waals surface area contributed by atoms with Crippen LogP contribution < -0.4 is 0 Å². The van der Waals surface area contributed by atoms with Crippen molar-refractivity contribution in [1.82, 2.24) is 4.90 Å². The zero-order valence-electron chi connectivity index (χ0n) is 10.2. The molecule has 0 spiro atoms. The van der Waals surface area contributed by atoms with E-state index in [0.717, 1.165) is 18.5 Å². The molecule has 0 aromatic heterocycles. The van der Waals surface area contributed by atoms with E-state index in [-0.39, 0.29) is 11.7 Å². The zero-order valence-corrected chi connectivity index (χ0v) is 10.2. The summed E-state index contributed by atoms with van der Waals surface area (Å²) < 4.78 is 0. The van der Waals surface area contributed by atoms with Crippen molar-refractivity contribution in [2.45, 2.75) is 20.3 Å². The molecule has 0 unspecified atom stereocenters. The van der Waals surface area contributed by atoms with Gasteiger partial charge in [-0.25, -0.2) is 0 Å². The van der Waals surface area contributed by atoms with Crippen molar-refractivity contribution in [3.63, 3.8) is 0 Å². The Labute approximate surface area is 101 Å². The van der Waals surface area contributed by atoms with Crippen LogP contribution in [0.15, 0.2) is 29.8 Å². The minimum Gasteiger partial charge on any atom is -0.507 e. The molecule has 0 saturated heterocycles. The van der Waals surface area contributed by atoms with Crippen molar-refractivity contribution in [3.05, 3.63) is 41.0 Å². The molecule has 0 aliphatic carbocycles. The minimum atomic E-state index is -0.0880. The van der Waals surface area contributed by atoms with E-state index in [1.807, 2.05) is 19.9 Å². The van der Waals surface area contributed by atoms with Gasteiger partial charge in [-0.3, -0.25) is 4.79 Å². The van der Waals surface area contributed by atoms with Crippen LogP contribution in [-0.4, -0.2) is 29.0 Å². The number of nitrogens with zero attached hydrogens (tertiary/aromatic N) is 1. The number of carbonyl (C=O) groups excluding carboxylic acids is 1. The second kappa shape index (κ2) is 4.62. The van der Waals surface area contributed by atoms with Gasteiger partial charge in [0.05, 0.1) is 5.56 Å². The summed E-state index contributed by atoms with van der Waals surface area (Å²) in [5.41, 5.74) is 2.55. The topological polar surface area (TPSA) is 40.5 Å². The second-order valence-electron chi connectivity index (χ2n) is 4.59. The quantitative estimate of drug-likeness (QED) is 0.754. The number of amides is 1. The molecule has 3 heteroatoms. The number of carbonyl (C=O) groups is 1. The van der Waals surface area contributed by atoms with E-state index >= 15 is 0 Å². The van der Waals surface area contributed by atoms with Crippen LogP contribution in [-0.2, 0) is 0 Å². The summed E-state index contributed by atoms with van der Waals surface area (Å²) in [6.07, 6.45) is 3.04. The lowest BCUT2D eigenvalue weighted by molar-refractivity contribution is 0.0763. The molecule has 1 heterocycles. The van der Waals surface area contributed by atoms with Gasteiger partial charge in [0.25, 0.3) is 5.91 Å². The third-order valence-corrected chi connectivity index (χ3v) is 3.00. The van der Waals surface area contributed by atoms with E-state index in [0.29, 0.717) is 12.1 Å². The molecule has 3 nitrogen and oxygen atoms in total. The molecule has 1 aliphatic heterocycles. The first kappa shape index (κ1) is 11.7. The Morgan fingerprint density at radius 3 is 2.76 bits per heavy atom. The molecule has 1 aromatic rings. The van der Waals surface area contributed by atoms with Crippen LogP contribution in [0, 0.1) is 6.92 Å². The molecule has 90 valence electrons. The molecular formula is C14H17NO2. The summed E-state index contributed by atoms with van der Waals surface area (Å²) in [6.45, 7) is 5.30. The monoisotopic (exact) mass is 231 g/mol. The van der Waals surface area contributed by atoms with Gasteiger partial charge in [0.1, 0.15) is 5.75 Å². The molecule has 17 heavy (non-hydrogen) atoms. The predicted octanol–water partition coefficient (Wildman–Crippen LogP) is 2.49. The third-order valence-electron chi connectivity index (χ3n) is 3.00. The number of aromatic hydroxyl groups is 1. The molecule has 0 fully saturated rings. The Bertz CT molecular complexity index is 477. The first-order chi connectivity index (χ1) is 8.08. The lowest BCUT2D eigenvalue weighted by Gasteiger charge is -2.26. The molecule has 1 aromatic carbocycles. The number of rotatable bonds is 1. The maximum Gasteiger partial charge on any atom is 0.257 e. The maximum atomic E-state index is 12.2. The summed E-state index contributed by atoms with van der Waals surface area (Å²) in [4.78, 5) is 14.0. The highest BCUT2D eigenvalue weighted by Gasteiger charge is 2.20. The average Bonchev–Trinajstić information content (AvgIpc) is 2.28. The predicted molar refractivity (Wildman–Crippen MR) is 67.1 cm³/mol. The van der Waals surface area contributed by atoms with Gasteiger partial charge < -0.3 is 10.0 Å². The first-order valence-electron chi connectivity index (χ1n) is 5.82. The fourth-order valence-electron chi connectivity index (χ4n) is 2.08. The number of hydrogen-bond donors (Lipinski definition) is 1. The summed E-state index contributed by atoms with van der Waals surface area (Å²) in [5.74, 6) is -0.0165. The van der Waals surface area contributed by atoms with Crippen LogP contribution in [0.4, 0.5) is 0 Å². The van der Waals surface area contributed by atoms with E-state index in [1.54, 1.807) is 17.0 Å². The molecule has 0 radical (unpaired) electrons. The first-order valence-corrected chi connectivity index (χ1v) is 5.82. The van der Waals surface area contributed by atoms with Gasteiger partial charge in [-0.2, -0.15) is 0 Å². The van der Waals surface area contributed by atoms with E-state index in [1.165, 1.54) is 5.57 Å². The van der Waals surface area contributed by atoms with Gasteiger partial charge in [0.2, 0.25) is 0 Å². The lowest BCUT2D eigenvalue weighted by Crippen LogP contribution is -2.35. The number of phenolic OH excluding ortho intramolecular Hbond substituents is 1. The van der Waals surface area contributed by atoms with Gasteiger partial charge in [-0.1, -0.05) is 17.7 Å². The fraction of sp³-hybridized carbons (Fsp3) is 0.357. The van der Waals surface area contributed by atoms with Crippen LogP contribution in [0.3, 0.4) is 0 Å². The standard InChI is InChI=1S/C14H17NO2/c1-10-5-6-12(13(16)8-10)14(17)15-7-3-4-11(2)9-15/h4-6,8,16H,3,7,9H2,1-2H3. The third kappa shape index (κ3) is 2.49. The van der Waals surface area contributed by atoms with E-state index < -0.39 is 0 Å². The van der Waals surface area contributed by atoms with E-state index in [9.17, 15) is 9.90 Å². The highest BCUT2D eigenvalue weighted by molar-refractivity contribution is 5.97. The largest absolute Gasteiger partial charge is 0.507 e. The van der Waals surface area contributed by atoms with Crippen molar-refractivity contribution < 1.29 is 9.90 Å². The van der Waals surface area contributed by atoms with Crippen molar-refractivity contribution in [2.24, 2.45) is 0 Å². The molecule has 2 rings (SSSR count). The van der Waals surface area contributed by atoms with Crippen LogP contribution in [0.25, 0.3) is 0 Å². The summed E-state index contributed by atoms with van der Waals surface area (Å²) in [7, 11) is 0. The van der Waals surface area contributed by atoms with Gasteiger partial charge in [-0.05, 0) is 38.0 Å². The minimum absolute atomic E-state index is 0.0715. The Morgan fingerprint density at radius 2 is 2.12 bits per heavy atom. The molecular weight excluding hydrogens is 214 g/mol. The highest BCUT2D eigenvalue weighted by Crippen LogP contribution is 2.22. The summed E-state index contributed by atoms with van der Waals surface area (Å²) in [6, 6.07) is 5.17. The highest BCUT2D eigenvalue weighted by atomic mass is 16.3. The Kier molecular flexibility index (Phi) is 3.18. The van der Waals surface area contributed by atoms with Gasteiger partial charge in [-0.15, -0.1) is 0 Å². The SMILES string of the molecule is CC1=CCCN(C(=O)c2ccc(C)cc2O)C1. The molecule has 1 N–H and O–H groups in total. The summed E-state index contributed by atoms with van der Waals surface area (Å²) in [5, 5.41) is 9.80. The van der Waals surface area contributed by atoms with Crippen molar-refractivity contribution in [1.29, 1.82) is 0 Å². The van der Waals surface area contributed by atoms with Crippen molar-refractivity contribution in [3.8, 4) is 5.75 Å². The number of phenols is 1. The van der Waals surface area contributed by atoms with E-state index in [4.69, 9.17) is 0 Å². The molecule has 1 aliphatic rings. The molecule has 1 amide bonds. The Balaban J connectivity index is 2.22. The van der Waals surface area contributed by atoms with Crippen LogP contribution in [0.1, 0.15) is 29.3 Å². The molecule has 0 saturated carbocycles. The van der Waals surface area contributed by atoms with E-state index in [2.05, 4.69) is 6.08 Å². The number of benzene rings is 1.